The molecule has 1 saturated heterocycles. The summed E-state index contributed by atoms with van der Waals surface area (Å²) < 4.78 is 1.38. The minimum absolute atomic E-state index is 0.306. The Hall–Kier alpha value is -0.190. The molecule has 0 amide bonds. The van der Waals surface area contributed by atoms with Crippen LogP contribution >= 0.6 is 27.7 Å². The van der Waals surface area contributed by atoms with Crippen molar-refractivity contribution in [3.63, 3.8) is 0 Å². The van der Waals surface area contributed by atoms with Gasteiger partial charge < -0.3 is 10.0 Å². The summed E-state index contributed by atoms with van der Waals surface area (Å²) in [6, 6.07) is 6.15. The van der Waals surface area contributed by atoms with E-state index in [1.807, 2.05) is 23.9 Å². The predicted molar refractivity (Wildman–Crippen MR) is 83.5 cm³/mol. The number of hydrogen-bond acceptors (Lipinski definition) is 3. The average molecular weight is 330 g/mol. The van der Waals surface area contributed by atoms with E-state index in [1.54, 1.807) is 6.92 Å². The largest absolute Gasteiger partial charge is 0.389 e. The fourth-order valence-electron chi connectivity index (χ4n) is 2.26. The number of thioether (sulfide) groups is 1. The van der Waals surface area contributed by atoms with Crippen LogP contribution in [0.25, 0.3) is 0 Å². The summed E-state index contributed by atoms with van der Waals surface area (Å²) in [6.07, 6.45) is -0.413. The highest BCUT2D eigenvalue weighted by Crippen LogP contribution is 2.36. The minimum atomic E-state index is -0.413. The van der Waals surface area contributed by atoms with Crippen LogP contribution in [0.1, 0.15) is 32.4 Å². The van der Waals surface area contributed by atoms with Crippen LogP contribution in [0.15, 0.2) is 22.7 Å². The highest BCUT2D eigenvalue weighted by atomic mass is 79.9. The Morgan fingerprint density at radius 2 is 2.17 bits per heavy atom. The molecule has 0 aromatic heterocycles. The Balaban J connectivity index is 2.23. The van der Waals surface area contributed by atoms with E-state index in [4.69, 9.17) is 0 Å². The second-order valence-corrected chi connectivity index (χ2v) is 8.07. The molecule has 100 valence electrons. The van der Waals surface area contributed by atoms with Gasteiger partial charge in [0.1, 0.15) is 0 Å². The highest BCUT2D eigenvalue weighted by Gasteiger charge is 2.28. The lowest BCUT2D eigenvalue weighted by atomic mass is 10.1. The molecular weight excluding hydrogens is 310 g/mol. The molecule has 0 saturated carbocycles. The van der Waals surface area contributed by atoms with E-state index in [1.165, 1.54) is 5.69 Å². The third-order valence-electron chi connectivity index (χ3n) is 3.22. The van der Waals surface area contributed by atoms with Crippen LogP contribution in [0, 0.1) is 0 Å². The van der Waals surface area contributed by atoms with Crippen molar-refractivity contribution in [1.82, 2.24) is 0 Å². The van der Waals surface area contributed by atoms with Crippen LogP contribution in [0.5, 0.6) is 0 Å². The SMILES string of the molecule is C[C@H](O)c1ccc(N2CCSC(C)(C)C2)c(Br)c1. The number of aliphatic hydroxyl groups is 1. The van der Waals surface area contributed by atoms with Gasteiger partial charge in [0.05, 0.1) is 11.8 Å². The zero-order valence-corrected chi connectivity index (χ0v) is 13.5. The molecule has 1 aromatic carbocycles. The van der Waals surface area contributed by atoms with E-state index < -0.39 is 6.10 Å². The number of nitrogens with zero attached hydrogens (tertiary/aromatic N) is 1. The number of halogens is 1. The smallest absolute Gasteiger partial charge is 0.0762 e. The van der Waals surface area contributed by atoms with Crippen molar-refractivity contribution in [3.8, 4) is 0 Å². The Bertz CT molecular complexity index is 434. The highest BCUT2D eigenvalue weighted by molar-refractivity contribution is 9.10. The van der Waals surface area contributed by atoms with Gasteiger partial charge in [-0.15, -0.1) is 0 Å². The molecule has 0 spiro atoms. The van der Waals surface area contributed by atoms with E-state index >= 15 is 0 Å². The summed E-state index contributed by atoms with van der Waals surface area (Å²) in [5, 5.41) is 9.59. The first-order valence-electron chi connectivity index (χ1n) is 6.25. The van der Waals surface area contributed by atoms with Crippen LogP contribution in [0.4, 0.5) is 5.69 Å². The molecule has 2 rings (SSSR count). The van der Waals surface area contributed by atoms with Crippen LogP contribution in [0.2, 0.25) is 0 Å². The summed E-state index contributed by atoms with van der Waals surface area (Å²) in [5.41, 5.74) is 2.18. The standard InChI is InChI=1S/C14H20BrNOS/c1-10(17)11-4-5-13(12(15)8-11)16-6-7-18-14(2,3)9-16/h4-5,8,10,17H,6-7,9H2,1-3H3/t10-/m0/s1. The second kappa shape index (κ2) is 5.43. The number of anilines is 1. The fourth-order valence-corrected chi connectivity index (χ4v) is 4.02. The number of hydrogen-bond donors (Lipinski definition) is 1. The Kier molecular flexibility index (Phi) is 4.29. The van der Waals surface area contributed by atoms with Crippen molar-refractivity contribution >= 4 is 33.4 Å². The molecule has 0 unspecified atom stereocenters. The molecule has 1 N–H and O–H groups in total. The number of aliphatic hydroxyl groups excluding tert-OH is 1. The Morgan fingerprint density at radius 3 is 2.72 bits per heavy atom. The van der Waals surface area contributed by atoms with E-state index in [-0.39, 0.29) is 0 Å². The maximum absolute atomic E-state index is 9.59. The van der Waals surface area contributed by atoms with Crippen molar-refractivity contribution in [1.29, 1.82) is 0 Å². The molecular formula is C14H20BrNOS. The Labute approximate surface area is 122 Å². The van der Waals surface area contributed by atoms with Gasteiger partial charge in [0.15, 0.2) is 0 Å². The van der Waals surface area contributed by atoms with Gasteiger partial charge in [0.25, 0.3) is 0 Å². The molecule has 0 bridgehead atoms. The van der Waals surface area contributed by atoms with Gasteiger partial charge in [0, 0.05) is 28.1 Å². The molecule has 0 radical (unpaired) electrons. The van der Waals surface area contributed by atoms with Gasteiger partial charge in [0.2, 0.25) is 0 Å². The van der Waals surface area contributed by atoms with Gasteiger partial charge >= 0.3 is 0 Å². The monoisotopic (exact) mass is 329 g/mol. The normalized spacial score (nSPS) is 20.8. The molecule has 0 aliphatic carbocycles. The average Bonchev–Trinajstić information content (AvgIpc) is 2.27. The van der Waals surface area contributed by atoms with Gasteiger partial charge in [-0.05, 0) is 54.4 Å². The van der Waals surface area contributed by atoms with E-state index in [9.17, 15) is 5.11 Å². The lowest BCUT2D eigenvalue weighted by molar-refractivity contribution is 0.199. The van der Waals surface area contributed by atoms with Crippen molar-refractivity contribution in [2.75, 3.05) is 23.7 Å². The quantitative estimate of drug-likeness (QED) is 0.891. The molecule has 2 nitrogen and oxygen atoms in total. The van der Waals surface area contributed by atoms with Gasteiger partial charge in [-0.3, -0.25) is 0 Å². The van der Waals surface area contributed by atoms with E-state index in [0.29, 0.717) is 4.75 Å². The summed E-state index contributed by atoms with van der Waals surface area (Å²) in [7, 11) is 0. The number of rotatable bonds is 2. The molecule has 1 heterocycles. The fraction of sp³-hybridized carbons (Fsp3) is 0.571. The zero-order valence-electron chi connectivity index (χ0n) is 11.1. The van der Waals surface area contributed by atoms with Crippen LogP contribution < -0.4 is 4.90 Å². The topological polar surface area (TPSA) is 23.5 Å². The number of benzene rings is 1. The molecule has 1 atom stereocenters. The van der Waals surface area contributed by atoms with Crippen molar-refractivity contribution in [3.05, 3.63) is 28.2 Å². The van der Waals surface area contributed by atoms with Gasteiger partial charge in [-0.2, -0.15) is 11.8 Å². The molecule has 1 fully saturated rings. The first-order chi connectivity index (χ1) is 8.39. The summed E-state index contributed by atoms with van der Waals surface area (Å²) in [4.78, 5) is 2.42. The Morgan fingerprint density at radius 1 is 1.44 bits per heavy atom. The van der Waals surface area contributed by atoms with Crippen molar-refractivity contribution in [2.24, 2.45) is 0 Å². The second-order valence-electron chi connectivity index (χ2n) is 5.42. The zero-order chi connectivity index (χ0) is 13.3. The minimum Gasteiger partial charge on any atom is -0.389 e. The van der Waals surface area contributed by atoms with Gasteiger partial charge in [-0.1, -0.05) is 6.07 Å². The third-order valence-corrected chi connectivity index (χ3v) is 5.15. The summed E-state index contributed by atoms with van der Waals surface area (Å²) in [6.45, 7) is 8.52. The first kappa shape index (κ1) is 14.2. The van der Waals surface area contributed by atoms with Crippen LogP contribution in [0.3, 0.4) is 0 Å². The lowest BCUT2D eigenvalue weighted by Gasteiger charge is -2.39. The molecule has 18 heavy (non-hydrogen) atoms. The maximum atomic E-state index is 9.59. The molecule has 1 aliphatic rings. The molecule has 4 heteroatoms. The maximum Gasteiger partial charge on any atom is 0.0762 e. The van der Waals surface area contributed by atoms with Gasteiger partial charge in [-0.25, -0.2) is 0 Å². The first-order valence-corrected chi connectivity index (χ1v) is 8.03. The molecule has 1 aromatic rings. The molecule has 1 aliphatic heterocycles. The summed E-state index contributed by atoms with van der Waals surface area (Å²) >= 11 is 5.66. The lowest BCUT2D eigenvalue weighted by Crippen LogP contribution is -2.43. The summed E-state index contributed by atoms with van der Waals surface area (Å²) in [5.74, 6) is 1.16. The van der Waals surface area contributed by atoms with Crippen LogP contribution in [-0.2, 0) is 0 Å². The predicted octanol–water partition coefficient (Wildman–Crippen LogP) is 3.83. The van der Waals surface area contributed by atoms with Crippen molar-refractivity contribution in [2.45, 2.75) is 31.6 Å². The van der Waals surface area contributed by atoms with Crippen LogP contribution in [-0.4, -0.2) is 28.7 Å². The third kappa shape index (κ3) is 3.22. The van der Waals surface area contributed by atoms with E-state index in [0.717, 1.165) is 28.9 Å². The van der Waals surface area contributed by atoms with Crippen molar-refractivity contribution < 1.29 is 5.11 Å². The van der Waals surface area contributed by atoms with E-state index in [2.05, 4.69) is 40.7 Å².